The summed E-state index contributed by atoms with van der Waals surface area (Å²) in [5.74, 6) is -0.145. The lowest BCUT2D eigenvalue weighted by atomic mass is 10.1. The number of carbonyl (C=O) groups excluding carboxylic acids is 1. The first-order chi connectivity index (χ1) is 9.16. The highest BCUT2D eigenvalue weighted by Gasteiger charge is 2.12. The van der Waals surface area contributed by atoms with Gasteiger partial charge in [-0.05, 0) is 18.2 Å². The van der Waals surface area contributed by atoms with Gasteiger partial charge in [-0.3, -0.25) is 4.79 Å². The fourth-order valence-electron chi connectivity index (χ4n) is 1.78. The summed E-state index contributed by atoms with van der Waals surface area (Å²) in [6.07, 6.45) is 1.23. The molecular formula is C14H15ClN2O2. The van der Waals surface area contributed by atoms with Crippen molar-refractivity contribution in [1.29, 1.82) is 0 Å². The number of aromatic nitrogens is 1. The van der Waals surface area contributed by atoms with E-state index in [0.29, 0.717) is 10.6 Å². The van der Waals surface area contributed by atoms with E-state index in [9.17, 15) is 9.90 Å². The zero-order valence-corrected chi connectivity index (χ0v) is 11.0. The molecule has 3 N–H and O–H groups in total. The molecule has 0 aliphatic carbocycles. The largest absolute Gasteiger partial charge is 0.387 e. The van der Waals surface area contributed by atoms with E-state index in [1.54, 1.807) is 30.5 Å². The Morgan fingerprint density at radius 2 is 2.11 bits per heavy atom. The summed E-state index contributed by atoms with van der Waals surface area (Å²) in [4.78, 5) is 14.6. The first kappa shape index (κ1) is 13.6. The Bertz CT molecular complexity index is 540. The lowest BCUT2D eigenvalue weighted by Gasteiger charge is -2.13. The van der Waals surface area contributed by atoms with Crippen molar-refractivity contribution in [3.63, 3.8) is 0 Å². The SMILES string of the molecule is O=C(Cc1ccc[nH]1)NCC(O)c1ccccc1Cl. The maximum absolute atomic E-state index is 11.7. The fraction of sp³-hybridized carbons (Fsp3) is 0.214. The molecule has 1 aromatic carbocycles. The molecule has 1 aromatic heterocycles. The fourth-order valence-corrected chi connectivity index (χ4v) is 2.04. The first-order valence-corrected chi connectivity index (χ1v) is 6.36. The van der Waals surface area contributed by atoms with Gasteiger partial charge in [0.05, 0.1) is 12.5 Å². The van der Waals surface area contributed by atoms with Crippen LogP contribution >= 0.6 is 11.6 Å². The maximum atomic E-state index is 11.7. The molecule has 0 aliphatic rings. The van der Waals surface area contributed by atoms with Crippen molar-refractivity contribution in [3.8, 4) is 0 Å². The third-order valence-electron chi connectivity index (χ3n) is 2.77. The second-order valence-electron chi connectivity index (χ2n) is 4.21. The van der Waals surface area contributed by atoms with E-state index in [2.05, 4.69) is 10.3 Å². The van der Waals surface area contributed by atoms with Gasteiger partial charge in [0.2, 0.25) is 5.91 Å². The predicted molar refractivity (Wildman–Crippen MR) is 73.9 cm³/mol. The molecule has 0 saturated carbocycles. The lowest BCUT2D eigenvalue weighted by molar-refractivity contribution is -0.120. The number of hydrogen-bond acceptors (Lipinski definition) is 2. The predicted octanol–water partition coefficient (Wildman–Crippen LogP) is 2.06. The normalized spacial score (nSPS) is 12.1. The van der Waals surface area contributed by atoms with Gasteiger partial charge in [0.1, 0.15) is 0 Å². The van der Waals surface area contributed by atoms with Gasteiger partial charge in [0.25, 0.3) is 0 Å². The van der Waals surface area contributed by atoms with Crippen LogP contribution in [-0.2, 0) is 11.2 Å². The molecule has 1 heterocycles. The molecule has 19 heavy (non-hydrogen) atoms. The van der Waals surface area contributed by atoms with Crippen LogP contribution in [0.4, 0.5) is 0 Å². The number of aromatic amines is 1. The number of H-pyrrole nitrogens is 1. The monoisotopic (exact) mass is 278 g/mol. The van der Waals surface area contributed by atoms with Gasteiger partial charge in [0.15, 0.2) is 0 Å². The van der Waals surface area contributed by atoms with Gasteiger partial charge in [-0.1, -0.05) is 29.8 Å². The minimum absolute atomic E-state index is 0.142. The summed E-state index contributed by atoms with van der Waals surface area (Å²) in [5, 5.41) is 13.1. The highest BCUT2D eigenvalue weighted by Crippen LogP contribution is 2.21. The van der Waals surface area contributed by atoms with Crippen LogP contribution < -0.4 is 5.32 Å². The van der Waals surface area contributed by atoms with Gasteiger partial charge in [-0.2, -0.15) is 0 Å². The van der Waals surface area contributed by atoms with Gasteiger partial charge in [-0.15, -0.1) is 0 Å². The van der Waals surface area contributed by atoms with Crippen LogP contribution in [0.5, 0.6) is 0 Å². The van der Waals surface area contributed by atoms with Crippen LogP contribution in [-0.4, -0.2) is 22.5 Å². The van der Waals surface area contributed by atoms with Crippen molar-refractivity contribution < 1.29 is 9.90 Å². The summed E-state index contributed by atoms with van der Waals surface area (Å²) in [6.45, 7) is 0.142. The average molecular weight is 279 g/mol. The molecular weight excluding hydrogens is 264 g/mol. The van der Waals surface area contributed by atoms with Crippen LogP contribution in [0, 0.1) is 0 Å². The number of nitrogens with one attached hydrogen (secondary N) is 2. The summed E-state index contributed by atoms with van der Waals surface area (Å²) in [5.41, 5.74) is 1.45. The average Bonchev–Trinajstić information content (AvgIpc) is 2.89. The number of halogens is 1. The highest BCUT2D eigenvalue weighted by molar-refractivity contribution is 6.31. The van der Waals surface area contributed by atoms with Gasteiger partial charge >= 0.3 is 0 Å². The second-order valence-corrected chi connectivity index (χ2v) is 4.62. The van der Waals surface area contributed by atoms with Crippen LogP contribution in [0.2, 0.25) is 5.02 Å². The Labute approximate surface area is 116 Å². The smallest absolute Gasteiger partial charge is 0.226 e. The molecule has 0 radical (unpaired) electrons. The number of hydrogen-bond donors (Lipinski definition) is 3. The van der Waals surface area contributed by atoms with Crippen molar-refractivity contribution in [3.05, 3.63) is 58.9 Å². The molecule has 4 nitrogen and oxygen atoms in total. The van der Waals surface area contributed by atoms with E-state index in [4.69, 9.17) is 11.6 Å². The van der Waals surface area contributed by atoms with Crippen molar-refractivity contribution in [2.75, 3.05) is 6.54 Å². The lowest BCUT2D eigenvalue weighted by Crippen LogP contribution is -2.29. The number of benzene rings is 1. The van der Waals surface area contributed by atoms with Gasteiger partial charge < -0.3 is 15.4 Å². The molecule has 1 atom stereocenters. The number of amides is 1. The number of rotatable bonds is 5. The van der Waals surface area contributed by atoms with Crippen LogP contribution in [0.15, 0.2) is 42.6 Å². The molecule has 0 saturated heterocycles. The van der Waals surface area contributed by atoms with E-state index in [1.807, 2.05) is 12.1 Å². The van der Waals surface area contributed by atoms with Gasteiger partial charge in [-0.25, -0.2) is 0 Å². The Morgan fingerprint density at radius 3 is 2.79 bits per heavy atom. The molecule has 0 fully saturated rings. The molecule has 0 spiro atoms. The molecule has 1 unspecified atom stereocenters. The molecule has 100 valence electrons. The molecule has 0 aliphatic heterocycles. The van der Waals surface area contributed by atoms with E-state index in [0.717, 1.165) is 5.69 Å². The molecule has 1 amide bonds. The molecule has 2 aromatic rings. The van der Waals surface area contributed by atoms with E-state index < -0.39 is 6.10 Å². The molecule has 0 bridgehead atoms. The first-order valence-electron chi connectivity index (χ1n) is 5.98. The Kier molecular flexibility index (Phi) is 4.60. The third kappa shape index (κ3) is 3.84. The Morgan fingerprint density at radius 1 is 1.32 bits per heavy atom. The Balaban J connectivity index is 1.85. The Hall–Kier alpha value is -1.78. The highest BCUT2D eigenvalue weighted by atomic mass is 35.5. The quantitative estimate of drug-likeness (QED) is 0.784. The molecule has 5 heteroatoms. The minimum Gasteiger partial charge on any atom is -0.387 e. The third-order valence-corrected chi connectivity index (χ3v) is 3.11. The van der Waals surface area contributed by atoms with Crippen molar-refractivity contribution in [1.82, 2.24) is 10.3 Å². The minimum atomic E-state index is -0.804. The van der Waals surface area contributed by atoms with E-state index >= 15 is 0 Å². The van der Waals surface area contributed by atoms with E-state index in [1.165, 1.54) is 0 Å². The maximum Gasteiger partial charge on any atom is 0.226 e. The van der Waals surface area contributed by atoms with Gasteiger partial charge in [0, 0.05) is 29.0 Å². The van der Waals surface area contributed by atoms with Crippen LogP contribution in [0.25, 0.3) is 0 Å². The van der Waals surface area contributed by atoms with Crippen molar-refractivity contribution in [2.45, 2.75) is 12.5 Å². The van der Waals surface area contributed by atoms with Crippen molar-refractivity contribution in [2.24, 2.45) is 0 Å². The standard InChI is InChI=1S/C14H15ClN2O2/c15-12-6-2-1-5-11(12)13(18)9-17-14(19)8-10-4-3-7-16-10/h1-7,13,16,18H,8-9H2,(H,17,19). The van der Waals surface area contributed by atoms with E-state index in [-0.39, 0.29) is 18.9 Å². The number of aliphatic hydroxyl groups excluding tert-OH is 1. The zero-order chi connectivity index (χ0) is 13.7. The summed E-state index contributed by atoms with van der Waals surface area (Å²) < 4.78 is 0. The topological polar surface area (TPSA) is 65.1 Å². The summed E-state index contributed by atoms with van der Waals surface area (Å²) in [7, 11) is 0. The number of aliphatic hydroxyl groups is 1. The zero-order valence-electron chi connectivity index (χ0n) is 10.3. The summed E-state index contributed by atoms with van der Waals surface area (Å²) >= 11 is 5.97. The molecule has 2 rings (SSSR count). The van der Waals surface area contributed by atoms with Crippen molar-refractivity contribution >= 4 is 17.5 Å². The second kappa shape index (κ2) is 6.41. The summed E-state index contributed by atoms with van der Waals surface area (Å²) in [6, 6.07) is 10.7. The number of carbonyl (C=O) groups is 1. The van der Waals surface area contributed by atoms with Crippen LogP contribution in [0.1, 0.15) is 17.4 Å². The van der Waals surface area contributed by atoms with Crippen LogP contribution in [0.3, 0.4) is 0 Å².